The van der Waals surface area contributed by atoms with E-state index in [2.05, 4.69) is 40.3 Å². The van der Waals surface area contributed by atoms with Crippen molar-refractivity contribution in [3.8, 4) is 6.07 Å². The van der Waals surface area contributed by atoms with Crippen LogP contribution in [0.25, 0.3) is 0 Å². The normalized spacial score (nSPS) is 18.3. The fraction of sp³-hybridized carbons (Fsp3) is 0.667. The standard InChI is InChI=1S/C15H23N5/c1-4-12-13(8-16)15(19-18-14(12)5-2)20-7-6-11(10-20)9-17-3/h11,17H,4-7,9-10H2,1-3H3. The van der Waals surface area contributed by atoms with E-state index in [-0.39, 0.29) is 0 Å². The van der Waals surface area contributed by atoms with Gasteiger partial charge in [-0.1, -0.05) is 13.8 Å². The first-order chi connectivity index (χ1) is 9.74. The third-order valence-electron chi connectivity index (χ3n) is 4.02. The molecule has 1 saturated heterocycles. The molecule has 1 fully saturated rings. The van der Waals surface area contributed by atoms with E-state index in [0.29, 0.717) is 5.92 Å². The Hall–Kier alpha value is -1.67. The SMILES string of the molecule is CCc1nnc(N2CCC(CNC)C2)c(C#N)c1CC. The van der Waals surface area contributed by atoms with E-state index in [1.165, 1.54) is 0 Å². The van der Waals surface area contributed by atoms with Gasteiger partial charge in [0.2, 0.25) is 0 Å². The molecule has 1 aliphatic heterocycles. The Morgan fingerprint density at radius 2 is 2.15 bits per heavy atom. The molecule has 5 nitrogen and oxygen atoms in total. The van der Waals surface area contributed by atoms with Gasteiger partial charge in [-0.25, -0.2) is 0 Å². The van der Waals surface area contributed by atoms with Gasteiger partial charge in [-0.05, 0) is 44.3 Å². The molecule has 0 amide bonds. The minimum absolute atomic E-state index is 0.629. The van der Waals surface area contributed by atoms with Gasteiger partial charge in [0.15, 0.2) is 5.82 Å². The Balaban J connectivity index is 2.31. The van der Waals surface area contributed by atoms with Crippen LogP contribution in [0.4, 0.5) is 5.82 Å². The summed E-state index contributed by atoms with van der Waals surface area (Å²) < 4.78 is 0. The molecule has 1 aromatic rings. The molecule has 1 unspecified atom stereocenters. The molecule has 1 aliphatic rings. The lowest BCUT2D eigenvalue weighted by atomic mass is 10.0. The van der Waals surface area contributed by atoms with Crippen LogP contribution < -0.4 is 10.2 Å². The molecule has 2 heterocycles. The predicted octanol–water partition coefficient (Wildman–Crippen LogP) is 1.52. The highest BCUT2D eigenvalue weighted by Crippen LogP contribution is 2.27. The van der Waals surface area contributed by atoms with Gasteiger partial charge in [0.1, 0.15) is 11.6 Å². The highest BCUT2D eigenvalue weighted by atomic mass is 15.3. The second-order valence-electron chi connectivity index (χ2n) is 5.30. The van der Waals surface area contributed by atoms with Crippen molar-refractivity contribution in [2.24, 2.45) is 5.92 Å². The average Bonchev–Trinajstić information content (AvgIpc) is 2.94. The van der Waals surface area contributed by atoms with E-state index >= 15 is 0 Å². The lowest BCUT2D eigenvalue weighted by Gasteiger charge is -2.20. The maximum absolute atomic E-state index is 9.52. The fourth-order valence-corrected chi connectivity index (χ4v) is 2.98. The molecule has 0 aliphatic carbocycles. The summed E-state index contributed by atoms with van der Waals surface area (Å²) in [7, 11) is 1.98. The summed E-state index contributed by atoms with van der Waals surface area (Å²) in [5.74, 6) is 1.41. The number of rotatable bonds is 5. The van der Waals surface area contributed by atoms with Gasteiger partial charge in [0, 0.05) is 13.1 Å². The number of hydrogen-bond donors (Lipinski definition) is 1. The lowest BCUT2D eigenvalue weighted by Crippen LogP contribution is -2.26. The van der Waals surface area contributed by atoms with Crippen LogP contribution in [0, 0.1) is 17.2 Å². The molecule has 0 spiro atoms. The topological polar surface area (TPSA) is 64.8 Å². The first-order valence-corrected chi connectivity index (χ1v) is 7.43. The van der Waals surface area contributed by atoms with Gasteiger partial charge in [0.05, 0.1) is 5.69 Å². The number of aryl methyl sites for hydroxylation is 1. The zero-order chi connectivity index (χ0) is 14.5. The summed E-state index contributed by atoms with van der Waals surface area (Å²) in [5.41, 5.74) is 2.75. The van der Waals surface area contributed by atoms with Crippen molar-refractivity contribution in [3.05, 3.63) is 16.8 Å². The minimum atomic E-state index is 0.629. The average molecular weight is 273 g/mol. The van der Waals surface area contributed by atoms with E-state index in [1.54, 1.807) is 0 Å². The predicted molar refractivity (Wildman–Crippen MR) is 79.7 cm³/mol. The van der Waals surface area contributed by atoms with Gasteiger partial charge in [-0.15, -0.1) is 5.10 Å². The summed E-state index contributed by atoms with van der Waals surface area (Å²) in [4.78, 5) is 2.21. The van der Waals surface area contributed by atoms with Crippen LogP contribution in [0.3, 0.4) is 0 Å². The Labute approximate surface area is 121 Å². The molecule has 1 atom stereocenters. The van der Waals surface area contributed by atoms with Gasteiger partial charge >= 0.3 is 0 Å². The van der Waals surface area contributed by atoms with E-state index in [9.17, 15) is 5.26 Å². The highest BCUT2D eigenvalue weighted by Gasteiger charge is 2.26. The molecule has 0 bridgehead atoms. The smallest absolute Gasteiger partial charge is 0.169 e. The third-order valence-corrected chi connectivity index (χ3v) is 4.02. The van der Waals surface area contributed by atoms with Crippen LogP contribution in [0.5, 0.6) is 0 Å². The largest absolute Gasteiger partial charge is 0.354 e. The number of aromatic nitrogens is 2. The molecule has 5 heteroatoms. The quantitative estimate of drug-likeness (QED) is 0.881. The zero-order valence-corrected chi connectivity index (χ0v) is 12.6. The monoisotopic (exact) mass is 273 g/mol. The van der Waals surface area contributed by atoms with Gasteiger partial charge in [-0.2, -0.15) is 10.4 Å². The van der Waals surface area contributed by atoms with E-state index < -0.39 is 0 Å². The van der Waals surface area contributed by atoms with Crippen LogP contribution in [0.2, 0.25) is 0 Å². The summed E-state index contributed by atoms with van der Waals surface area (Å²) in [6, 6.07) is 2.35. The van der Waals surface area contributed by atoms with Crippen LogP contribution in [-0.2, 0) is 12.8 Å². The van der Waals surface area contributed by atoms with Crippen LogP contribution in [-0.4, -0.2) is 36.9 Å². The first-order valence-electron chi connectivity index (χ1n) is 7.43. The Bertz CT molecular complexity index is 506. The summed E-state index contributed by atoms with van der Waals surface area (Å²) in [6.07, 6.45) is 2.81. The van der Waals surface area contributed by atoms with Crippen molar-refractivity contribution >= 4 is 5.82 Å². The summed E-state index contributed by atoms with van der Waals surface area (Å²) in [6.45, 7) is 7.07. The second-order valence-corrected chi connectivity index (χ2v) is 5.30. The summed E-state index contributed by atoms with van der Waals surface area (Å²) >= 11 is 0. The molecule has 1 N–H and O–H groups in total. The van der Waals surface area contributed by atoms with Crippen molar-refractivity contribution in [3.63, 3.8) is 0 Å². The number of hydrogen-bond acceptors (Lipinski definition) is 5. The van der Waals surface area contributed by atoms with Crippen molar-refractivity contribution in [2.45, 2.75) is 33.1 Å². The molecule has 0 aromatic carbocycles. The first kappa shape index (κ1) is 14.7. The minimum Gasteiger partial charge on any atom is -0.354 e. The molecule has 1 aromatic heterocycles. The Kier molecular flexibility index (Phi) is 4.91. The van der Waals surface area contributed by atoms with Crippen molar-refractivity contribution in [1.82, 2.24) is 15.5 Å². The Morgan fingerprint density at radius 1 is 1.35 bits per heavy atom. The Morgan fingerprint density at radius 3 is 2.75 bits per heavy atom. The van der Waals surface area contributed by atoms with Crippen LogP contribution in [0.15, 0.2) is 0 Å². The molecular weight excluding hydrogens is 250 g/mol. The molecule has 0 radical (unpaired) electrons. The number of nitrogens with zero attached hydrogens (tertiary/aromatic N) is 4. The molecule has 0 saturated carbocycles. The number of nitriles is 1. The highest BCUT2D eigenvalue weighted by molar-refractivity contribution is 5.58. The van der Waals surface area contributed by atoms with Gasteiger partial charge in [0.25, 0.3) is 0 Å². The zero-order valence-electron chi connectivity index (χ0n) is 12.6. The summed E-state index contributed by atoms with van der Waals surface area (Å²) in [5, 5.41) is 21.4. The van der Waals surface area contributed by atoms with Gasteiger partial charge < -0.3 is 10.2 Å². The molecular formula is C15H23N5. The van der Waals surface area contributed by atoms with Crippen molar-refractivity contribution < 1.29 is 0 Å². The van der Waals surface area contributed by atoms with Crippen molar-refractivity contribution in [2.75, 3.05) is 31.6 Å². The van der Waals surface area contributed by atoms with Gasteiger partial charge in [-0.3, -0.25) is 0 Å². The lowest BCUT2D eigenvalue weighted by molar-refractivity contribution is 0.548. The number of anilines is 1. The van der Waals surface area contributed by atoms with Crippen molar-refractivity contribution in [1.29, 1.82) is 5.26 Å². The van der Waals surface area contributed by atoms with Crippen LogP contribution >= 0.6 is 0 Å². The molecule has 108 valence electrons. The molecule has 2 rings (SSSR count). The van der Waals surface area contributed by atoms with Crippen LogP contribution in [0.1, 0.15) is 37.1 Å². The maximum atomic E-state index is 9.52. The second kappa shape index (κ2) is 6.67. The fourth-order valence-electron chi connectivity index (χ4n) is 2.98. The van der Waals surface area contributed by atoms with E-state index in [1.807, 2.05) is 7.05 Å². The third kappa shape index (κ3) is 2.75. The van der Waals surface area contributed by atoms with E-state index in [4.69, 9.17) is 0 Å². The van der Waals surface area contributed by atoms with E-state index in [0.717, 1.165) is 61.5 Å². The number of nitrogens with one attached hydrogen (secondary N) is 1. The maximum Gasteiger partial charge on any atom is 0.169 e. The molecule has 20 heavy (non-hydrogen) atoms.